The van der Waals surface area contributed by atoms with Gasteiger partial charge in [-0.15, -0.1) is 11.3 Å². The molecule has 94 valence electrons. The minimum absolute atomic E-state index is 0.187. The minimum atomic E-state index is -0.187. The molecule has 3 N–H and O–H groups in total. The molecule has 0 fully saturated rings. The number of nitrogens with one attached hydrogen (secondary N) is 1. The van der Waals surface area contributed by atoms with Crippen LogP contribution in [0.3, 0.4) is 0 Å². The van der Waals surface area contributed by atoms with Crippen LogP contribution in [0.15, 0.2) is 29.6 Å². The number of rotatable bonds is 3. The topological polar surface area (TPSA) is 55.1 Å². The van der Waals surface area contributed by atoms with E-state index in [0.717, 1.165) is 4.88 Å². The van der Waals surface area contributed by atoms with E-state index >= 15 is 0 Å². The maximum Gasteiger partial charge on any atom is 0.253 e. The first-order chi connectivity index (χ1) is 8.58. The highest BCUT2D eigenvalue weighted by Gasteiger charge is 2.10. The highest BCUT2D eigenvalue weighted by Crippen LogP contribution is 2.20. The highest BCUT2D eigenvalue weighted by molar-refractivity contribution is 7.10. The molecule has 0 saturated heterocycles. The Morgan fingerprint density at radius 1 is 1.44 bits per heavy atom. The summed E-state index contributed by atoms with van der Waals surface area (Å²) in [6.07, 6.45) is 0. The predicted molar refractivity (Wildman–Crippen MR) is 76.1 cm³/mol. The monoisotopic (exact) mass is 280 g/mol. The Bertz CT molecular complexity index is 580. The van der Waals surface area contributed by atoms with Crippen molar-refractivity contribution in [2.24, 2.45) is 0 Å². The van der Waals surface area contributed by atoms with Gasteiger partial charge in [0.1, 0.15) is 0 Å². The summed E-state index contributed by atoms with van der Waals surface area (Å²) in [6.45, 7) is 2.54. The number of halogens is 1. The van der Waals surface area contributed by atoms with Gasteiger partial charge in [0.2, 0.25) is 0 Å². The first kappa shape index (κ1) is 12.9. The summed E-state index contributed by atoms with van der Waals surface area (Å²) in [6, 6.07) is 6.90. The van der Waals surface area contributed by atoms with Crippen LogP contribution in [0.1, 0.15) is 20.8 Å². The van der Waals surface area contributed by atoms with Gasteiger partial charge in [0.25, 0.3) is 5.91 Å². The second kappa shape index (κ2) is 5.42. The number of nitrogen functional groups attached to an aromatic ring is 1. The quantitative estimate of drug-likeness (QED) is 0.848. The van der Waals surface area contributed by atoms with Gasteiger partial charge >= 0.3 is 0 Å². The maximum atomic E-state index is 12.0. The lowest BCUT2D eigenvalue weighted by atomic mass is 10.2. The van der Waals surface area contributed by atoms with Gasteiger partial charge in [-0.2, -0.15) is 0 Å². The van der Waals surface area contributed by atoms with E-state index in [0.29, 0.717) is 22.8 Å². The fourth-order valence-corrected chi connectivity index (χ4v) is 2.68. The summed E-state index contributed by atoms with van der Waals surface area (Å²) >= 11 is 7.60. The molecule has 0 atom stereocenters. The van der Waals surface area contributed by atoms with Crippen LogP contribution in [0.5, 0.6) is 0 Å². The Balaban J connectivity index is 2.06. The van der Waals surface area contributed by atoms with Gasteiger partial charge < -0.3 is 11.1 Å². The van der Waals surface area contributed by atoms with Gasteiger partial charge in [-0.1, -0.05) is 11.6 Å². The lowest BCUT2D eigenvalue weighted by molar-refractivity contribution is 0.0951. The molecule has 0 aliphatic rings. The zero-order chi connectivity index (χ0) is 13.1. The van der Waals surface area contributed by atoms with E-state index in [2.05, 4.69) is 5.32 Å². The second-order valence-corrected chi connectivity index (χ2v) is 5.36. The number of benzene rings is 1. The first-order valence-corrected chi connectivity index (χ1v) is 6.70. The van der Waals surface area contributed by atoms with Crippen molar-refractivity contribution in [2.75, 3.05) is 5.73 Å². The number of anilines is 1. The average molecular weight is 281 g/mol. The lowest BCUT2D eigenvalue weighted by Crippen LogP contribution is -2.23. The normalized spacial score (nSPS) is 10.3. The van der Waals surface area contributed by atoms with E-state index < -0.39 is 0 Å². The predicted octanol–water partition coefficient (Wildman–Crippen LogP) is 3.22. The number of hydrogen-bond donors (Lipinski definition) is 2. The van der Waals surface area contributed by atoms with E-state index in [4.69, 9.17) is 17.3 Å². The van der Waals surface area contributed by atoms with Crippen molar-refractivity contribution < 1.29 is 4.79 Å². The molecule has 1 aromatic heterocycles. The summed E-state index contributed by atoms with van der Waals surface area (Å²) in [5, 5.41) is 5.23. The van der Waals surface area contributed by atoms with Gasteiger partial charge in [-0.25, -0.2) is 0 Å². The molecule has 1 heterocycles. The van der Waals surface area contributed by atoms with Crippen molar-refractivity contribution in [2.45, 2.75) is 13.5 Å². The maximum absolute atomic E-state index is 12.0. The van der Waals surface area contributed by atoms with E-state index in [1.807, 2.05) is 18.4 Å². The zero-order valence-corrected chi connectivity index (χ0v) is 11.4. The Kier molecular flexibility index (Phi) is 3.89. The molecule has 0 aliphatic carbocycles. The molecule has 0 unspecified atom stereocenters. The molecule has 0 saturated carbocycles. The number of carbonyl (C=O) groups excluding carboxylic acids is 1. The smallest absolute Gasteiger partial charge is 0.253 e. The Morgan fingerprint density at radius 3 is 2.83 bits per heavy atom. The third-order valence-electron chi connectivity index (χ3n) is 2.62. The fourth-order valence-electron chi connectivity index (χ4n) is 1.56. The number of nitrogens with two attached hydrogens (primary N) is 1. The van der Waals surface area contributed by atoms with Crippen molar-refractivity contribution in [3.8, 4) is 0 Å². The first-order valence-electron chi connectivity index (χ1n) is 5.44. The number of thiophene rings is 1. The van der Waals surface area contributed by atoms with Crippen molar-refractivity contribution in [3.63, 3.8) is 0 Å². The number of amides is 1. The molecule has 1 amide bonds. The third-order valence-corrected chi connectivity index (χ3v) is 3.95. The van der Waals surface area contributed by atoms with E-state index in [1.165, 1.54) is 5.56 Å². The molecular formula is C13H13ClN2OS. The molecule has 2 rings (SSSR count). The van der Waals surface area contributed by atoms with E-state index in [1.54, 1.807) is 29.5 Å². The molecule has 5 heteroatoms. The molecular weight excluding hydrogens is 268 g/mol. The summed E-state index contributed by atoms with van der Waals surface area (Å²) in [5.41, 5.74) is 7.76. The van der Waals surface area contributed by atoms with E-state index in [9.17, 15) is 4.79 Å². The Labute approximate surface area is 115 Å². The molecule has 0 spiro atoms. The van der Waals surface area contributed by atoms with E-state index in [-0.39, 0.29) is 5.91 Å². The van der Waals surface area contributed by atoms with Crippen LogP contribution < -0.4 is 11.1 Å². The summed E-state index contributed by atoms with van der Waals surface area (Å²) in [4.78, 5) is 13.1. The van der Waals surface area contributed by atoms with Crippen LogP contribution >= 0.6 is 22.9 Å². The SMILES string of the molecule is Cc1ccsc1CNC(=O)c1ccc(N)cc1Cl. The van der Waals surface area contributed by atoms with Gasteiger partial charge in [-0.05, 0) is 42.1 Å². The number of aryl methyl sites for hydroxylation is 1. The number of hydrogen-bond acceptors (Lipinski definition) is 3. The van der Waals surface area contributed by atoms with Crippen molar-refractivity contribution in [3.05, 3.63) is 50.7 Å². The van der Waals surface area contributed by atoms with Gasteiger partial charge in [0.15, 0.2) is 0 Å². The highest BCUT2D eigenvalue weighted by atomic mass is 35.5. The largest absolute Gasteiger partial charge is 0.399 e. The summed E-state index contributed by atoms with van der Waals surface area (Å²) in [5.74, 6) is -0.187. The third kappa shape index (κ3) is 2.83. The van der Waals surface area contributed by atoms with Crippen molar-refractivity contribution in [1.29, 1.82) is 0 Å². The Hall–Kier alpha value is -1.52. The molecule has 2 aromatic rings. The van der Waals surface area contributed by atoms with Crippen molar-refractivity contribution >= 4 is 34.5 Å². The standard InChI is InChI=1S/C13H13ClN2OS/c1-8-4-5-18-12(8)7-16-13(17)10-3-2-9(15)6-11(10)14/h2-6H,7,15H2,1H3,(H,16,17). The van der Waals surface area contributed by atoms with Crippen LogP contribution in [0, 0.1) is 6.92 Å². The minimum Gasteiger partial charge on any atom is -0.399 e. The molecule has 0 aliphatic heterocycles. The fraction of sp³-hybridized carbons (Fsp3) is 0.154. The summed E-state index contributed by atoms with van der Waals surface area (Å²) < 4.78 is 0. The van der Waals surface area contributed by atoms with Crippen LogP contribution in [-0.2, 0) is 6.54 Å². The molecule has 3 nitrogen and oxygen atoms in total. The zero-order valence-electron chi connectivity index (χ0n) is 9.87. The molecule has 0 radical (unpaired) electrons. The molecule has 18 heavy (non-hydrogen) atoms. The number of carbonyl (C=O) groups is 1. The average Bonchev–Trinajstić information content (AvgIpc) is 2.72. The van der Waals surface area contributed by atoms with Crippen LogP contribution in [-0.4, -0.2) is 5.91 Å². The van der Waals surface area contributed by atoms with Crippen LogP contribution in [0.4, 0.5) is 5.69 Å². The lowest BCUT2D eigenvalue weighted by Gasteiger charge is -2.07. The van der Waals surface area contributed by atoms with Crippen molar-refractivity contribution in [1.82, 2.24) is 5.32 Å². The molecule has 0 bridgehead atoms. The van der Waals surface area contributed by atoms with Gasteiger partial charge in [-0.3, -0.25) is 4.79 Å². The van der Waals surface area contributed by atoms with Crippen LogP contribution in [0.25, 0.3) is 0 Å². The molecule has 1 aromatic carbocycles. The Morgan fingerprint density at radius 2 is 2.22 bits per heavy atom. The van der Waals surface area contributed by atoms with Gasteiger partial charge in [0.05, 0.1) is 17.1 Å². The second-order valence-electron chi connectivity index (χ2n) is 3.95. The van der Waals surface area contributed by atoms with Crippen LogP contribution in [0.2, 0.25) is 5.02 Å². The van der Waals surface area contributed by atoms with Gasteiger partial charge in [0, 0.05) is 10.6 Å². The summed E-state index contributed by atoms with van der Waals surface area (Å²) in [7, 11) is 0.